The Kier molecular flexibility index (Phi) is 10.2. The van der Waals surface area contributed by atoms with E-state index in [1.807, 2.05) is 0 Å². The third-order valence-electron chi connectivity index (χ3n) is 10.9. The standard InChI is InChI=1S/C41H25ClN14O11S4/c42-39-53-40(43)55-41(54-39)44-17-4-1-5-18(14-17)56-68(57,58)19-10-12-21-25(15-19)36-46-31(21)45-33-23-6-2-8-27(70(62,63)64)29(23)37(50-33)49-32-22-13-11-20(69(59,60)61)16-26(22)35(47-32)48-34-24-7-3-9-28(71(65,66)67)30(24)38(51-34)52-36/h1-16,56H,(H,59,60,61)(H,62,63,64)(H,65,66,67)(H3,43,44,53,54,55)(H2,45,46,47,48,49,50,51,52). The lowest BCUT2D eigenvalue weighted by atomic mass is 10.1. The topological polar surface area (TPSA) is 395 Å². The number of aromatic nitrogens is 11. The van der Waals surface area contributed by atoms with Crippen LogP contribution in [-0.4, -0.2) is 102 Å². The number of rotatable bonds is 8. The molecular formula is C41H25ClN14O11S4. The number of fused-ring (bicyclic) bond motifs is 20. The van der Waals surface area contributed by atoms with E-state index >= 15 is 0 Å². The van der Waals surface area contributed by atoms with Gasteiger partial charge in [0.15, 0.2) is 23.3 Å². The average molecular weight is 1050 g/mol. The average Bonchev–Trinajstić information content (AvgIpc) is 4.03. The Morgan fingerprint density at radius 3 is 1.48 bits per heavy atom. The quantitative estimate of drug-likeness (QED) is 0.0861. The molecule has 0 aliphatic carbocycles. The second kappa shape index (κ2) is 15.9. The van der Waals surface area contributed by atoms with Crippen LogP contribution in [0.3, 0.4) is 0 Å². The molecule has 0 unspecified atom stereocenters. The maximum Gasteiger partial charge on any atom is 0.295 e. The van der Waals surface area contributed by atoms with Crippen molar-refractivity contribution in [2.75, 3.05) is 15.8 Å². The van der Waals surface area contributed by atoms with Crippen molar-refractivity contribution in [1.29, 1.82) is 0 Å². The fraction of sp³-hybridized carbons (Fsp3) is 0. The van der Waals surface area contributed by atoms with E-state index in [1.54, 1.807) is 12.1 Å². The van der Waals surface area contributed by atoms with Gasteiger partial charge in [-0.25, -0.2) is 38.3 Å². The monoisotopic (exact) mass is 1050 g/mol. The summed E-state index contributed by atoms with van der Waals surface area (Å²) in [6.07, 6.45) is 0. The molecule has 0 spiro atoms. The minimum absolute atomic E-state index is 0.0118. The first-order valence-corrected chi connectivity index (χ1v) is 26.1. The van der Waals surface area contributed by atoms with Crippen LogP contribution in [0.25, 0.3) is 89.7 Å². The molecule has 0 amide bonds. The number of hydrogen-bond acceptors (Lipinski definition) is 19. The van der Waals surface area contributed by atoms with Gasteiger partial charge in [0.1, 0.15) is 32.4 Å². The summed E-state index contributed by atoms with van der Waals surface area (Å²) < 4.78 is 138. The summed E-state index contributed by atoms with van der Waals surface area (Å²) in [6.45, 7) is 0. The van der Waals surface area contributed by atoms with Crippen LogP contribution in [0, 0.1) is 0 Å². The predicted molar refractivity (Wildman–Crippen MR) is 255 cm³/mol. The fourth-order valence-corrected chi connectivity index (χ4v) is 11.1. The summed E-state index contributed by atoms with van der Waals surface area (Å²) in [4.78, 5) is 43.3. The van der Waals surface area contributed by atoms with E-state index in [9.17, 15) is 47.3 Å². The minimum Gasteiger partial charge on any atom is -0.368 e. The fourth-order valence-electron chi connectivity index (χ4n) is 7.97. The first-order valence-electron chi connectivity index (χ1n) is 19.9. The molecule has 5 aromatic carbocycles. The van der Waals surface area contributed by atoms with Crippen molar-refractivity contribution in [2.45, 2.75) is 19.6 Å². The van der Waals surface area contributed by atoms with E-state index in [1.165, 1.54) is 60.7 Å². The van der Waals surface area contributed by atoms with E-state index < -0.39 is 55.1 Å². The number of halogens is 1. The molecular weight excluding hydrogens is 1030 g/mol. The number of nitrogens with two attached hydrogens (primary N) is 1. The molecule has 71 heavy (non-hydrogen) atoms. The Labute approximate surface area is 402 Å². The van der Waals surface area contributed by atoms with Crippen molar-refractivity contribution in [2.24, 2.45) is 0 Å². The molecule has 0 saturated carbocycles. The molecule has 0 radical (unpaired) electrons. The molecule has 6 heterocycles. The number of sulfonamides is 1. The van der Waals surface area contributed by atoms with E-state index in [0.29, 0.717) is 5.69 Å². The lowest BCUT2D eigenvalue weighted by molar-refractivity contribution is 0.481. The molecule has 9 aromatic rings. The largest absolute Gasteiger partial charge is 0.368 e. The van der Waals surface area contributed by atoms with Crippen molar-refractivity contribution in [1.82, 2.24) is 54.8 Å². The van der Waals surface area contributed by atoms with Gasteiger partial charge in [0.2, 0.25) is 17.2 Å². The zero-order valence-corrected chi connectivity index (χ0v) is 39.0. The second-order valence-corrected chi connectivity index (χ2v) is 21.6. The smallest absolute Gasteiger partial charge is 0.295 e. The Morgan fingerprint density at radius 2 is 0.958 bits per heavy atom. The van der Waals surface area contributed by atoms with Gasteiger partial charge < -0.3 is 21.0 Å². The molecule has 2 aliphatic heterocycles. The van der Waals surface area contributed by atoms with E-state index in [0.717, 1.165) is 24.3 Å². The van der Waals surface area contributed by atoms with Gasteiger partial charge in [0.25, 0.3) is 40.4 Å². The highest BCUT2D eigenvalue weighted by Gasteiger charge is 2.28. The van der Waals surface area contributed by atoms with Crippen LogP contribution in [0.15, 0.2) is 117 Å². The van der Waals surface area contributed by atoms with E-state index in [4.69, 9.17) is 27.3 Å². The first kappa shape index (κ1) is 45.3. The third kappa shape index (κ3) is 8.15. The number of H-pyrrole nitrogens is 2. The SMILES string of the molecule is Nc1nc(Cl)nc(Nc2cccc(NS(=O)(=O)c3ccc4c(c3)-c3nc-4nc4[nH]c(nc5nc(nc6[nH]c(n3)c3c(S(=O)(=O)O)cccc63)-c3cc(S(=O)(=O)O)ccc3-5)c3c(S(=O)(=O)O)cccc43)c2)n1. The predicted octanol–water partition coefficient (Wildman–Crippen LogP) is 5.57. The lowest BCUT2D eigenvalue weighted by Gasteiger charge is -2.11. The van der Waals surface area contributed by atoms with E-state index in [-0.39, 0.29) is 117 Å². The summed E-state index contributed by atoms with van der Waals surface area (Å²) in [5.41, 5.74) is 5.74. The number of nitrogen functional groups attached to an aromatic ring is 1. The number of nitrogens with zero attached hydrogens (tertiary/aromatic N) is 9. The summed E-state index contributed by atoms with van der Waals surface area (Å²) >= 11 is 5.91. The number of aromatic amines is 2. The van der Waals surface area contributed by atoms with Crippen molar-refractivity contribution >= 4 is 119 Å². The van der Waals surface area contributed by atoms with Gasteiger partial charge in [-0.05, 0) is 78.3 Å². The lowest BCUT2D eigenvalue weighted by Crippen LogP contribution is -2.13. The number of benzene rings is 5. The normalized spacial score (nSPS) is 12.7. The van der Waals surface area contributed by atoms with Crippen LogP contribution in [0.4, 0.5) is 23.3 Å². The van der Waals surface area contributed by atoms with Gasteiger partial charge in [-0.3, -0.25) is 18.4 Å². The number of hydrogen-bond donors (Lipinski definition) is 8. The molecule has 0 fully saturated rings. The Bertz CT molecular complexity index is 4500. The molecule has 25 nitrogen and oxygen atoms in total. The summed E-state index contributed by atoms with van der Waals surface area (Å²) in [5.74, 6) is -0.972. The van der Waals surface area contributed by atoms with Crippen LogP contribution < -0.4 is 15.8 Å². The highest BCUT2D eigenvalue weighted by atomic mass is 35.5. The van der Waals surface area contributed by atoms with Crippen LogP contribution in [-0.2, 0) is 40.4 Å². The summed E-state index contributed by atoms with van der Waals surface area (Å²) in [6, 6.07) is 21.1. The van der Waals surface area contributed by atoms with Gasteiger partial charge in [-0.15, -0.1) is 0 Å². The molecule has 0 atom stereocenters. The van der Waals surface area contributed by atoms with Gasteiger partial charge in [-0.2, -0.15) is 40.2 Å². The van der Waals surface area contributed by atoms with Crippen LogP contribution >= 0.6 is 11.6 Å². The zero-order chi connectivity index (χ0) is 49.9. The van der Waals surface area contributed by atoms with E-state index in [2.05, 4.69) is 54.9 Å². The molecule has 356 valence electrons. The van der Waals surface area contributed by atoms with Crippen LogP contribution in [0.1, 0.15) is 0 Å². The van der Waals surface area contributed by atoms with Crippen LogP contribution in [0.5, 0.6) is 0 Å². The molecule has 2 aliphatic rings. The zero-order valence-electron chi connectivity index (χ0n) is 35.0. The minimum atomic E-state index is -5.00. The maximum atomic E-state index is 14.2. The van der Waals surface area contributed by atoms with Crippen molar-refractivity contribution in [3.05, 3.63) is 102 Å². The highest BCUT2D eigenvalue weighted by Crippen LogP contribution is 2.40. The summed E-state index contributed by atoms with van der Waals surface area (Å²) in [5, 5.41) is 2.46. The molecule has 11 rings (SSSR count). The Hall–Kier alpha value is -8.16. The molecule has 9 N–H and O–H groups in total. The van der Waals surface area contributed by atoms with Crippen molar-refractivity contribution in [3.8, 4) is 45.6 Å². The van der Waals surface area contributed by atoms with Gasteiger partial charge in [0.05, 0.1) is 15.5 Å². The van der Waals surface area contributed by atoms with Crippen molar-refractivity contribution in [3.63, 3.8) is 0 Å². The number of nitrogens with one attached hydrogen (secondary N) is 4. The van der Waals surface area contributed by atoms with Crippen LogP contribution in [0.2, 0.25) is 5.28 Å². The third-order valence-corrected chi connectivity index (χ3v) is 15.1. The van der Waals surface area contributed by atoms with Gasteiger partial charge >= 0.3 is 0 Å². The molecule has 8 bridgehead atoms. The van der Waals surface area contributed by atoms with Gasteiger partial charge in [-0.1, -0.05) is 30.3 Å². The van der Waals surface area contributed by atoms with Gasteiger partial charge in [0, 0.05) is 49.5 Å². The summed E-state index contributed by atoms with van der Waals surface area (Å²) in [7, 11) is -19.2. The highest BCUT2D eigenvalue weighted by molar-refractivity contribution is 7.92. The molecule has 4 aromatic heterocycles. The maximum absolute atomic E-state index is 14.2. The molecule has 30 heteroatoms. The first-order chi connectivity index (χ1) is 33.6. The Balaban J connectivity index is 1.18. The van der Waals surface area contributed by atoms with Crippen molar-refractivity contribution < 1.29 is 47.3 Å². The second-order valence-electron chi connectivity index (χ2n) is 15.4. The molecule has 0 saturated heterocycles. The number of anilines is 4. The Morgan fingerprint density at radius 1 is 0.479 bits per heavy atom.